The first-order valence-electron chi connectivity index (χ1n) is 10.9. The maximum atomic E-state index is 5.80. The summed E-state index contributed by atoms with van der Waals surface area (Å²) >= 11 is 5.80. The number of ether oxygens (including phenoxy) is 1. The Morgan fingerprint density at radius 2 is 1.91 bits per heavy atom. The highest BCUT2D eigenvalue weighted by Crippen LogP contribution is 2.42. The van der Waals surface area contributed by atoms with E-state index in [0.29, 0.717) is 11.7 Å². The molecule has 0 spiro atoms. The number of furan rings is 1. The topological polar surface area (TPSA) is 55.5 Å². The van der Waals surface area contributed by atoms with Crippen molar-refractivity contribution in [3.05, 3.63) is 102 Å². The lowest BCUT2D eigenvalue weighted by molar-refractivity contribution is 0.286. The van der Waals surface area contributed by atoms with E-state index in [4.69, 9.17) is 21.4 Å². The van der Waals surface area contributed by atoms with E-state index in [0.717, 1.165) is 28.6 Å². The average molecular weight is 459 g/mol. The Kier molecular flexibility index (Phi) is 5.64. The highest BCUT2D eigenvalue weighted by atomic mass is 32.1. The van der Waals surface area contributed by atoms with Crippen molar-refractivity contribution < 1.29 is 9.15 Å². The summed E-state index contributed by atoms with van der Waals surface area (Å²) in [4.78, 5) is 6.85. The molecule has 1 aromatic carbocycles. The van der Waals surface area contributed by atoms with Crippen molar-refractivity contribution in [2.45, 2.75) is 32.5 Å². The number of methoxy groups -OCH3 is 1. The van der Waals surface area contributed by atoms with E-state index in [-0.39, 0.29) is 12.1 Å². The predicted octanol–water partition coefficient (Wildman–Crippen LogP) is 5.26. The van der Waals surface area contributed by atoms with Crippen LogP contribution in [0.4, 0.5) is 0 Å². The predicted molar refractivity (Wildman–Crippen MR) is 131 cm³/mol. The molecule has 1 N–H and O–H groups in total. The van der Waals surface area contributed by atoms with Crippen LogP contribution in [-0.2, 0) is 6.54 Å². The number of benzene rings is 1. The van der Waals surface area contributed by atoms with Gasteiger partial charge < -0.3 is 23.9 Å². The van der Waals surface area contributed by atoms with Crippen LogP contribution in [0.5, 0.6) is 5.75 Å². The number of nitrogens with zero attached hydrogens (tertiary/aromatic N) is 3. The lowest BCUT2D eigenvalue weighted by atomic mass is 9.96. The quantitative estimate of drug-likeness (QED) is 0.398. The summed E-state index contributed by atoms with van der Waals surface area (Å²) in [6.07, 6.45) is 3.52. The van der Waals surface area contributed by atoms with E-state index in [2.05, 4.69) is 51.8 Å². The summed E-state index contributed by atoms with van der Waals surface area (Å²) in [5.41, 5.74) is 5.58. The Labute approximate surface area is 198 Å². The number of aryl methyl sites for hydroxylation is 1. The molecule has 1 aliphatic rings. The minimum absolute atomic E-state index is 0.0318. The van der Waals surface area contributed by atoms with Gasteiger partial charge in [-0.25, -0.2) is 0 Å². The molecule has 0 bridgehead atoms. The van der Waals surface area contributed by atoms with Gasteiger partial charge in [0.05, 0.1) is 37.7 Å². The third-order valence-corrected chi connectivity index (χ3v) is 6.58. The van der Waals surface area contributed by atoms with Crippen LogP contribution in [-0.4, -0.2) is 26.7 Å². The molecule has 0 aliphatic carbocycles. The van der Waals surface area contributed by atoms with Crippen LogP contribution in [0, 0.1) is 13.8 Å². The van der Waals surface area contributed by atoms with E-state index >= 15 is 0 Å². The van der Waals surface area contributed by atoms with Crippen molar-refractivity contribution in [3.8, 4) is 11.4 Å². The van der Waals surface area contributed by atoms with Gasteiger partial charge in [-0.3, -0.25) is 4.98 Å². The molecule has 5 rings (SSSR count). The van der Waals surface area contributed by atoms with Crippen molar-refractivity contribution in [2.24, 2.45) is 0 Å². The molecule has 4 aromatic rings. The molecule has 7 heteroatoms. The maximum absolute atomic E-state index is 5.80. The first-order chi connectivity index (χ1) is 16.1. The average Bonchev–Trinajstić information content (AvgIpc) is 3.54. The smallest absolute Gasteiger partial charge is 0.170 e. The molecule has 6 nitrogen and oxygen atoms in total. The van der Waals surface area contributed by atoms with Crippen LogP contribution in [0.3, 0.4) is 0 Å². The van der Waals surface area contributed by atoms with Crippen molar-refractivity contribution in [3.63, 3.8) is 0 Å². The van der Waals surface area contributed by atoms with E-state index in [1.807, 2.05) is 48.7 Å². The molecule has 1 saturated heterocycles. The second-order valence-electron chi connectivity index (χ2n) is 8.19. The molecule has 0 unspecified atom stereocenters. The van der Waals surface area contributed by atoms with E-state index in [1.165, 1.54) is 11.3 Å². The van der Waals surface area contributed by atoms with Gasteiger partial charge in [0.1, 0.15) is 11.5 Å². The van der Waals surface area contributed by atoms with Crippen LogP contribution in [0.15, 0.2) is 77.5 Å². The standard InChI is InChI=1S/C26H26N4O2S/c1-17-15-22(18(2)30(17)19-9-11-20(31-3)12-10-19)25-24(23-8-4-5-13-27-23)28-26(33)29(25)16-21-7-6-14-32-21/h4-15,24-25H,16H2,1-3H3,(H,28,33)/t24-,25+/m1/s1. The molecule has 1 aliphatic heterocycles. The number of hydrogen-bond acceptors (Lipinski definition) is 4. The summed E-state index contributed by atoms with van der Waals surface area (Å²) in [5.74, 6) is 1.71. The van der Waals surface area contributed by atoms with Crippen molar-refractivity contribution in [1.29, 1.82) is 0 Å². The van der Waals surface area contributed by atoms with Gasteiger partial charge in [-0.05, 0) is 86.2 Å². The number of pyridine rings is 1. The Bertz CT molecular complexity index is 1250. The summed E-state index contributed by atoms with van der Waals surface area (Å²) in [6, 6.07) is 20.2. The van der Waals surface area contributed by atoms with Gasteiger partial charge >= 0.3 is 0 Å². The maximum Gasteiger partial charge on any atom is 0.170 e. The fourth-order valence-corrected chi connectivity index (χ4v) is 5.01. The van der Waals surface area contributed by atoms with Crippen LogP contribution in [0.2, 0.25) is 0 Å². The van der Waals surface area contributed by atoms with Crippen LogP contribution < -0.4 is 10.1 Å². The molecule has 0 amide bonds. The molecule has 1 fully saturated rings. The number of aromatic nitrogens is 2. The van der Waals surface area contributed by atoms with E-state index in [9.17, 15) is 0 Å². The Morgan fingerprint density at radius 3 is 2.58 bits per heavy atom. The fraction of sp³-hybridized carbons (Fsp3) is 0.231. The van der Waals surface area contributed by atoms with Gasteiger partial charge in [-0.15, -0.1) is 0 Å². The molecule has 0 radical (unpaired) electrons. The minimum atomic E-state index is -0.0709. The molecular weight excluding hydrogens is 432 g/mol. The Hall–Kier alpha value is -3.58. The lowest BCUT2D eigenvalue weighted by Crippen LogP contribution is -2.29. The van der Waals surface area contributed by atoms with Gasteiger partial charge in [-0.1, -0.05) is 6.07 Å². The van der Waals surface area contributed by atoms with Gasteiger partial charge in [0.25, 0.3) is 0 Å². The summed E-state index contributed by atoms with van der Waals surface area (Å²) in [5, 5.41) is 4.22. The molecule has 33 heavy (non-hydrogen) atoms. The minimum Gasteiger partial charge on any atom is -0.497 e. The summed E-state index contributed by atoms with van der Waals surface area (Å²) in [7, 11) is 1.68. The third-order valence-electron chi connectivity index (χ3n) is 6.22. The number of rotatable bonds is 6. The van der Waals surface area contributed by atoms with Gasteiger partial charge in [0.15, 0.2) is 5.11 Å². The zero-order valence-corrected chi connectivity index (χ0v) is 19.7. The number of hydrogen-bond donors (Lipinski definition) is 1. The van der Waals surface area contributed by atoms with Crippen LogP contribution in [0.1, 0.15) is 40.5 Å². The van der Waals surface area contributed by atoms with Crippen molar-refractivity contribution >= 4 is 17.3 Å². The largest absolute Gasteiger partial charge is 0.497 e. The highest BCUT2D eigenvalue weighted by Gasteiger charge is 2.41. The normalized spacial score (nSPS) is 17.9. The van der Waals surface area contributed by atoms with Crippen molar-refractivity contribution in [2.75, 3.05) is 7.11 Å². The monoisotopic (exact) mass is 458 g/mol. The summed E-state index contributed by atoms with van der Waals surface area (Å²) < 4.78 is 13.3. The van der Waals surface area contributed by atoms with Crippen LogP contribution in [0.25, 0.3) is 5.69 Å². The molecule has 2 atom stereocenters. The first-order valence-corrected chi connectivity index (χ1v) is 11.3. The molecular formula is C26H26N4O2S. The highest BCUT2D eigenvalue weighted by molar-refractivity contribution is 7.80. The van der Waals surface area contributed by atoms with Gasteiger partial charge in [-0.2, -0.15) is 0 Å². The SMILES string of the molecule is COc1ccc(-n2c(C)cc([C@H]3[C@@H](c4ccccn4)NC(=S)N3Cc3ccco3)c2C)cc1. The fourth-order valence-electron chi connectivity index (χ4n) is 4.70. The van der Waals surface area contributed by atoms with E-state index < -0.39 is 0 Å². The molecule has 0 saturated carbocycles. The second kappa shape index (κ2) is 8.75. The molecule has 3 aromatic heterocycles. The number of thiocarbonyl (C=S) groups is 1. The molecule has 168 valence electrons. The first kappa shape index (κ1) is 21.3. The third kappa shape index (κ3) is 3.89. The van der Waals surface area contributed by atoms with Gasteiger partial charge in [0, 0.05) is 23.3 Å². The Balaban J connectivity index is 1.60. The second-order valence-corrected chi connectivity index (χ2v) is 8.58. The van der Waals surface area contributed by atoms with Crippen LogP contribution >= 0.6 is 12.2 Å². The zero-order valence-electron chi connectivity index (χ0n) is 18.9. The summed E-state index contributed by atoms with van der Waals surface area (Å²) in [6.45, 7) is 4.88. The Morgan fingerprint density at radius 1 is 1.09 bits per heavy atom. The number of nitrogens with one attached hydrogen (secondary N) is 1. The van der Waals surface area contributed by atoms with E-state index in [1.54, 1.807) is 13.4 Å². The van der Waals surface area contributed by atoms with Gasteiger partial charge in [0.2, 0.25) is 0 Å². The van der Waals surface area contributed by atoms with Crippen molar-refractivity contribution in [1.82, 2.24) is 19.8 Å². The zero-order chi connectivity index (χ0) is 22.9. The molecule has 4 heterocycles. The lowest BCUT2D eigenvalue weighted by Gasteiger charge is -2.27.